The molecule has 2 aromatic carbocycles. The number of nitrogens with zero attached hydrogens (tertiary/aromatic N) is 4. The van der Waals surface area contributed by atoms with Gasteiger partial charge in [0.05, 0.1) is 21.7 Å². The number of carbonyl (C=O) groups is 1. The standard InChI is InChI=1S/C20H12BrClN4O3S/c21-13-3-5-16-18(8-13)30-20(24-16)25(11-12-2-1-7-23-10-12)19(27)15-9-14(22)4-6-17(15)26(28)29/h1-10H,11H2. The van der Waals surface area contributed by atoms with Crippen molar-refractivity contribution in [3.8, 4) is 0 Å². The van der Waals surface area contributed by atoms with E-state index in [1.165, 1.54) is 34.4 Å². The summed E-state index contributed by atoms with van der Waals surface area (Å²) in [7, 11) is 0. The molecule has 150 valence electrons. The highest BCUT2D eigenvalue weighted by Crippen LogP contribution is 2.34. The fourth-order valence-electron chi connectivity index (χ4n) is 2.89. The number of rotatable bonds is 5. The lowest BCUT2D eigenvalue weighted by Gasteiger charge is -2.20. The maximum Gasteiger partial charge on any atom is 0.282 e. The number of pyridine rings is 1. The topological polar surface area (TPSA) is 89.2 Å². The number of fused-ring (bicyclic) bond motifs is 1. The number of halogens is 2. The SMILES string of the molecule is O=C(c1cc(Cl)ccc1[N+](=O)[O-])N(Cc1cccnc1)c1nc2ccc(Br)cc2s1. The van der Waals surface area contributed by atoms with Crippen LogP contribution in [-0.4, -0.2) is 20.8 Å². The number of hydrogen-bond donors (Lipinski definition) is 0. The van der Waals surface area contributed by atoms with Crippen molar-refractivity contribution in [3.63, 3.8) is 0 Å². The molecule has 0 atom stereocenters. The van der Waals surface area contributed by atoms with Crippen LogP contribution in [0.1, 0.15) is 15.9 Å². The Hall–Kier alpha value is -2.88. The van der Waals surface area contributed by atoms with Gasteiger partial charge in [-0.15, -0.1) is 0 Å². The molecule has 0 aliphatic rings. The zero-order valence-corrected chi connectivity index (χ0v) is 18.3. The minimum atomic E-state index is -0.596. The molecule has 7 nitrogen and oxygen atoms in total. The van der Waals surface area contributed by atoms with Gasteiger partial charge in [-0.25, -0.2) is 4.98 Å². The van der Waals surface area contributed by atoms with Crippen molar-refractivity contribution in [2.24, 2.45) is 0 Å². The van der Waals surface area contributed by atoms with Crippen LogP contribution in [0.3, 0.4) is 0 Å². The molecular weight excluding hydrogens is 492 g/mol. The Kier molecular flexibility index (Phi) is 5.76. The maximum atomic E-state index is 13.5. The molecule has 0 radical (unpaired) electrons. The van der Waals surface area contributed by atoms with Gasteiger partial charge >= 0.3 is 0 Å². The molecule has 30 heavy (non-hydrogen) atoms. The number of nitro groups is 1. The lowest BCUT2D eigenvalue weighted by molar-refractivity contribution is -0.385. The molecule has 0 fully saturated rings. The highest BCUT2D eigenvalue weighted by molar-refractivity contribution is 9.10. The van der Waals surface area contributed by atoms with Gasteiger partial charge in [0, 0.05) is 28.0 Å². The molecular formula is C20H12BrClN4O3S. The van der Waals surface area contributed by atoms with E-state index >= 15 is 0 Å². The van der Waals surface area contributed by atoms with Crippen molar-refractivity contribution in [1.29, 1.82) is 0 Å². The van der Waals surface area contributed by atoms with E-state index in [-0.39, 0.29) is 22.8 Å². The Bertz CT molecular complexity index is 1270. The van der Waals surface area contributed by atoms with Gasteiger partial charge in [0.2, 0.25) is 0 Å². The predicted molar refractivity (Wildman–Crippen MR) is 120 cm³/mol. The van der Waals surface area contributed by atoms with Gasteiger partial charge in [0.1, 0.15) is 5.56 Å². The van der Waals surface area contributed by atoms with E-state index in [1.54, 1.807) is 18.5 Å². The first-order valence-corrected chi connectivity index (χ1v) is 10.6. The fourth-order valence-corrected chi connectivity index (χ4v) is 4.57. The van der Waals surface area contributed by atoms with Crippen LogP contribution in [-0.2, 0) is 6.54 Å². The summed E-state index contributed by atoms with van der Waals surface area (Å²) in [6.45, 7) is 0.150. The quantitative estimate of drug-likeness (QED) is 0.251. The summed E-state index contributed by atoms with van der Waals surface area (Å²) in [5.74, 6) is -0.564. The number of hydrogen-bond acceptors (Lipinski definition) is 6. The molecule has 0 bridgehead atoms. The number of nitro benzene ring substituents is 1. The number of carbonyl (C=O) groups excluding carboxylic acids is 1. The van der Waals surface area contributed by atoms with Crippen molar-refractivity contribution < 1.29 is 9.72 Å². The van der Waals surface area contributed by atoms with E-state index in [0.717, 1.165) is 20.3 Å². The molecule has 0 N–H and O–H groups in total. The molecule has 0 spiro atoms. The van der Waals surface area contributed by atoms with Gasteiger partial charge in [0.15, 0.2) is 5.13 Å². The molecule has 4 aromatic rings. The maximum absolute atomic E-state index is 13.5. The molecule has 4 rings (SSSR count). The van der Waals surface area contributed by atoms with Gasteiger partial charge in [-0.2, -0.15) is 0 Å². The molecule has 10 heteroatoms. The van der Waals surface area contributed by atoms with Crippen LogP contribution >= 0.6 is 38.9 Å². The number of benzene rings is 2. The zero-order valence-electron chi connectivity index (χ0n) is 15.2. The van der Waals surface area contributed by atoms with E-state index in [0.29, 0.717) is 5.13 Å². The fraction of sp³-hybridized carbons (Fsp3) is 0.0500. The van der Waals surface area contributed by atoms with Gasteiger partial charge in [-0.3, -0.25) is 24.8 Å². The van der Waals surface area contributed by atoms with Crippen LogP contribution < -0.4 is 4.90 Å². The van der Waals surface area contributed by atoms with Crippen molar-refractivity contribution in [3.05, 3.63) is 91.7 Å². The van der Waals surface area contributed by atoms with Gasteiger partial charge in [-0.05, 0) is 42.0 Å². The summed E-state index contributed by atoms with van der Waals surface area (Å²) in [5, 5.41) is 12.2. The van der Waals surface area contributed by atoms with Crippen molar-refractivity contribution in [2.45, 2.75) is 6.54 Å². The highest BCUT2D eigenvalue weighted by atomic mass is 79.9. The average Bonchev–Trinajstić information content (AvgIpc) is 3.14. The summed E-state index contributed by atoms with van der Waals surface area (Å²) in [6, 6.07) is 13.1. The van der Waals surface area contributed by atoms with Crippen LogP contribution in [0, 0.1) is 10.1 Å². The summed E-state index contributed by atoms with van der Waals surface area (Å²) >= 11 is 10.8. The van der Waals surface area contributed by atoms with Crippen LogP contribution in [0.15, 0.2) is 65.4 Å². The first-order valence-electron chi connectivity index (χ1n) is 8.63. The molecule has 0 saturated carbocycles. The largest absolute Gasteiger partial charge is 0.282 e. The minimum absolute atomic E-state index is 0.100. The third-order valence-electron chi connectivity index (χ3n) is 4.26. The van der Waals surface area contributed by atoms with E-state index in [4.69, 9.17) is 11.6 Å². The molecule has 2 aromatic heterocycles. The van der Waals surface area contributed by atoms with Gasteiger partial charge in [-0.1, -0.05) is 44.9 Å². The first kappa shape index (κ1) is 20.4. The van der Waals surface area contributed by atoms with Crippen molar-refractivity contribution in [2.75, 3.05) is 4.90 Å². The molecule has 0 unspecified atom stereocenters. The Morgan fingerprint density at radius 2 is 2.07 bits per heavy atom. The summed E-state index contributed by atoms with van der Waals surface area (Å²) < 4.78 is 1.77. The summed E-state index contributed by atoms with van der Waals surface area (Å²) in [4.78, 5) is 34.4. The predicted octanol–water partition coefficient (Wildman–Crippen LogP) is 5.86. The Balaban J connectivity index is 1.83. The van der Waals surface area contributed by atoms with Crippen LogP contribution in [0.4, 0.5) is 10.8 Å². The molecule has 0 saturated heterocycles. The minimum Gasteiger partial charge on any atom is -0.279 e. The number of anilines is 1. The second-order valence-electron chi connectivity index (χ2n) is 6.28. The smallest absolute Gasteiger partial charge is 0.279 e. The molecule has 1 amide bonds. The van der Waals surface area contributed by atoms with Crippen molar-refractivity contribution >= 4 is 65.8 Å². The molecule has 2 heterocycles. The van der Waals surface area contributed by atoms with E-state index in [9.17, 15) is 14.9 Å². The average molecular weight is 504 g/mol. The second kappa shape index (κ2) is 8.47. The van der Waals surface area contributed by atoms with Gasteiger partial charge < -0.3 is 0 Å². The lowest BCUT2D eigenvalue weighted by Crippen LogP contribution is -2.31. The first-order chi connectivity index (χ1) is 14.4. The number of amides is 1. The van der Waals surface area contributed by atoms with Crippen LogP contribution in [0.5, 0.6) is 0 Å². The van der Waals surface area contributed by atoms with E-state index < -0.39 is 10.8 Å². The van der Waals surface area contributed by atoms with E-state index in [1.807, 2.05) is 24.3 Å². The summed E-state index contributed by atoms with van der Waals surface area (Å²) in [6.07, 6.45) is 3.27. The van der Waals surface area contributed by atoms with E-state index in [2.05, 4.69) is 25.9 Å². The Labute approximate surface area is 188 Å². The van der Waals surface area contributed by atoms with Crippen molar-refractivity contribution in [1.82, 2.24) is 9.97 Å². The lowest BCUT2D eigenvalue weighted by atomic mass is 10.1. The number of thiazole rings is 1. The normalized spacial score (nSPS) is 10.9. The number of aromatic nitrogens is 2. The van der Waals surface area contributed by atoms with Crippen LogP contribution in [0.2, 0.25) is 5.02 Å². The van der Waals surface area contributed by atoms with Crippen LogP contribution in [0.25, 0.3) is 10.2 Å². The Morgan fingerprint density at radius 3 is 2.80 bits per heavy atom. The Morgan fingerprint density at radius 1 is 1.23 bits per heavy atom. The highest BCUT2D eigenvalue weighted by Gasteiger charge is 2.28. The molecule has 0 aliphatic carbocycles. The summed E-state index contributed by atoms with van der Waals surface area (Å²) in [5.41, 5.74) is 1.07. The third-order valence-corrected chi connectivity index (χ3v) is 6.03. The second-order valence-corrected chi connectivity index (χ2v) is 8.64. The van der Waals surface area contributed by atoms with Gasteiger partial charge in [0.25, 0.3) is 11.6 Å². The monoisotopic (exact) mass is 502 g/mol. The third kappa shape index (κ3) is 4.18. The zero-order chi connectivity index (χ0) is 21.3. The molecule has 0 aliphatic heterocycles.